The average molecular weight is 345 g/mol. The Kier molecular flexibility index (Phi) is 4.76. The second kappa shape index (κ2) is 6.84. The number of amides is 1. The van der Waals surface area contributed by atoms with Gasteiger partial charge in [-0.15, -0.1) is 0 Å². The molecule has 0 unspecified atom stereocenters. The summed E-state index contributed by atoms with van der Waals surface area (Å²) in [5.41, 5.74) is 1.53. The number of hydrogen-bond acceptors (Lipinski definition) is 4. The normalized spacial score (nSPS) is 17.0. The number of aliphatic hydroxyl groups excluding tert-OH is 1. The van der Waals surface area contributed by atoms with Crippen LogP contribution in [0.5, 0.6) is 0 Å². The van der Waals surface area contributed by atoms with Crippen LogP contribution in [0.3, 0.4) is 0 Å². The molecule has 25 heavy (non-hydrogen) atoms. The second-order valence-corrected chi connectivity index (χ2v) is 6.87. The molecule has 0 spiro atoms. The van der Waals surface area contributed by atoms with E-state index in [1.165, 1.54) is 12.1 Å². The van der Waals surface area contributed by atoms with Crippen molar-refractivity contribution in [3.8, 4) is 0 Å². The Morgan fingerprint density at radius 3 is 2.72 bits per heavy atom. The first-order valence-corrected chi connectivity index (χ1v) is 8.61. The van der Waals surface area contributed by atoms with Gasteiger partial charge in [0.25, 0.3) is 5.69 Å². The maximum atomic E-state index is 12.6. The van der Waals surface area contributed by atoms with E-state index < -0.39 is 4.92 Å². The molecule has 1 aliphatic heterocycles. The molecule has 2 N–H and O–H groups in total. The van der Waals surface area contributed by atoms with Crippen molar-refractivity contribution in [2.45, 2.75) is 32.6 Å². The van der Waals surface area contributed by atoms with Gasteiger partial charge >= 0.3 is 0 Å². The monoisotopic (exact) mass is 345 g/mol. The third-order valence-corrected chi connectivity index (χ3v) is 5.57. The zero-order valence-corrected chi connectivity index (χ0v) is 14.3. The molecule has 1 saturated heterocycles. The minimum Gasteiger partial charge on any atom is -0.396 e. The molecule has 3 rings (SSSR count). The smallest absolute Gasteiger partial charge is 0.270 e. The van der Waals surface area contributed by atoms with Crippen LogP contribution in [0.1, 0.15) is 31.7 Å². The third kappa shape index (κ3) is 3.37. The molecule has 1 fully saturated rings. The maximum Gasteiger partial charge on any atom is 0.270 e. The van der Waals surface area contributed by atoms with Crippen molar-refractivity contribution in [3.63, 3.8) is 0 Å². The standard InChI is InChI=1S/C18H23N3O4/c1-2-18(12-22)5-7-20(8-6-18)17(23)9-13-11-19-16-4-3-14(21(24)25)10-15(13)16/h3-4,10-11,19,22H,2,5-9,12H2,1H3. The van der Waals surface area contributed by atoms with Gasteiger partial charge in [-0.3, -0.25) is 14.9 Å². The largest absolute Gasteiger partial charge is 0.396 e. The van der Waals surface area contributed by atoms with Crippen LogP contribution in [0.15, 0.2) is 24.4 Å². The van der Waals surface area contributed by atoms with Crippen molar-refractivity contribution < 1.29 is 14.8 Å². The van der Waals surface area contributed by atoms with Gasteiger partial charge in [-0.25, -0.2) is 0 Å². The third-order valence-electron chi connectivity index (χ3n) is 5.57. The molecule has 1 aromatic heterocycles. The van der Waals surface area contributed by atoms with Crippen LogP contribution in [0.2, 0.25) is 0 Å². The number of likely N-dealkylation sites (tertiary alicyclic amines) is 1. The second-order valence-electron chi connectivity index (χ2n) is 6.87. The highest BCUT2D eigenvalue weighted by atomic mass is 16.6. The Labute approximate surface area is 145 Å². The number of nitrogens with one attached hydrogen (secondary N) is 1. The zero-order valence-electron chi connectivity index (χ0n) is 14.3. The van der Waals surface area contributed by atoms with Crippen LogP contribution in [0, 0.1) is 15.5 Å². The van der Waals surface area contributed by atoms with Crippen molar-refractivity contribution in [3.05, 3.63) is 40.1 Å². The maximum absolute atomic E-state index is 12.6. The first-order chi connectivity index (χ1) is 12.0. The minimum absolute atomic E-state index is 0.0226. The lowest BCUT2D eigenvalue weighted by molar-refractivity contribution is -0.384. The predicted molar refractivity (Wildman–Crippen MR) is 94.3 cm³/mol. The molecule has 1 aliphatic rings. The molecule has 0 aliphatic carbocycles. The van der Waals surface area contributed by atoms with Gasteiger partial charge in [0.2, 0.25) is 5.91 Å². The van der Waals surface area contributed by atoms with Gasteiger partial charge in [-0.1, -0.05) is 6.92 Å². The SMILES string of the molecule is CCC1(CO)CCN(C(=O)Cc2c[nH]c3ccc([N+](=O)[O-])cc23)CC1. The van der Waals surface area contributed by atoms with E-state index in [0.717, 1.165) is 35.7 Å². The molecule has 1 aromatic carbocycles. The van der Waals surface area contributed by atoms with Crippen molar-refractivity contribution in [1.29, 1.82) is 0 Å². The number of nitro benzene ring substituents is 1. The summed E-state index contributed by atoms with van der Waals surface area (Å²) in [7, 11) is 0. The Balaban J connectivity index is 1.72. The number of piperidine rings is 1. The number of non-ortho nitro benzene ring substituents is 1. The number of aromatic nitrogens is 1. The number of nitrogens with zero attached hydrogens (tertiary/aromatic N) is 2. The van der Waals surface area contributed by atoms with E-state index in [9.17, 15) is 20.0 Å². The Bertz CT molecular complexity index is 785. The van der Waals surface area contributed by atoms with Crippen molar-refractivity contribution >= 4 is 22.5 Å². The molecular weight excluding hydrogens is 322 g/mol. The van der Waals surface area contributed by atoms with E-state index in [0.29, 0.717) is 13.1 Å². The molecule has 0 atom stereocenters. The lowest BCUT2D eigenvalue weighted by Gasteiger charge is -2.40. The van der Waals surface area contributed by atoms with Gasteiger partial charge in [0.1, 0.15) is 0 Å². The number of carbonyl (C=O) groups excluding carboxylic acids is 1. The zero-order chi connectivity index (χ0) is 18.0. The number of aliphatic hydroxyl groups is 1. The van der Waals surface area contributed by atoms with Gasteiger partial charge in [0.05, 0.1) is 11.3 Å². The lowest BCUT2D eigenvalue weighted by Crippen LogP contribution is -2.44. The van der Waals surface area contributed by atoms with Gasteiger partial charge in [0, 0.05) is 48.9 Å². The summed E-state index contributed by atoms with van der Waals surface area (Å²) in [6.07, 6.45) is 4.51. The quantitative estimate of drug-likeness (QED) is 0.643. The van der Waals surface area contributed by atoms with Gasteiger partial charge in [-0.05, 0) is 36.3 Å². The van der Waals surface area contributed by atoms with Crippen LogP contribution in [0.4, 0.5) is 5.69 Å². The van der Waals surface area contributed by atoms with Crippen LogP contribution >= 0.6 is 0 Å². The molecule has 0 saturated carbocycles. The first-order valence-electron chi connectivity index (χ1n) is 8.61. The molecule has 2 heterocycles. The summed E-state index contributed by atoms with van der Waals surface area (Å²) in [5, 5.41) is 21.3. The summed E-state index contributed by atoms with van der Waals surface area (Å²) in [6.45, 7) is 3.54. The first kappa shape index (κ1) is 17.4. The summed E-state index contributed by atoms with van der Waals surface area (Å²) in [5.74, 6) is 0.0232. The summed E-state index contributed by atoms with van der Waals surface area (Å²) < 4.78 is 0. The highest BCUT2D eigenvalue weighted by Crippen LogP contribution is 2.34. The van der Waals surface area contributed by atoms with E-state index >= 15 is 0 Å². The number of aromatic amines is 1. The van der Waals surface area contributed by atoms with Crippen LogP contribution in [-0.2, 0) is 11.2 Å². The number of rotatable bonds is 5. The van der Waals surface area contributed by atoms with E-state index in [4.69, 9.17) is 0 Å². The van der Waals surface area contributed by atoms with E-state index in [1.807, 2.05) is 4.90 Å². The van der Waals surface area contributed by atoms with E-state index in [1.54, 1.807) is 12.3 Å². The molecule has 2 aromatic rings. The highest BCUT2D eigenvalue weighted by molar-refractivity contribution is 5.90. The molecule has 0 bridgehead atoms. The van der Waals surface area contributed by atoms with Crippen molar-refractivity contribution in [1.82, 2.24) is 9.88 Å². The summed E-state index contributed by atoms with van der Waals surface area (Å²) >= 11 is 0. The van der Waals surface area contributed by atoms with Crippen LogP contribution < -0.4 is 0 Å². The average Bonchev–Trinajstić information content (AvgIpc) is 3.03. The Morgan fingerprint density at radius 2 is 2.12 bits per heavy atom. The Hall–Kier alpha value is -2.41. The number of H-pyrrole nitrogens is 1. The molecule has 7 heteroatoms. The van der Waals surface area contributed by atoms with Gasteiger partial charge < -0.3 is 15.0 Å². The molecule has 0 radical (unpaired) electrons. The van der Waals surface area contributed by atoms with Crippen LogP contribution in [-0.4, -0.2) is 45.5 Å². The van der Waals surface area contributed by atoms with Gasteiger partial charge in [-0.2, -0.15) is 0 Å². The topological polar surface area (TPSA) is 99.5 Å². The van der Waals surface area contributed by atoms with Crippen molar-refractivity contribution in [2.24, 2.45) is 5.41 Å². The molecule has 7 nitrogen and oxygen atoms in total. The molecule has 1 amide bonds. The number of nitro groups is 1. The number of benzene rings is 1. The summed E-state index contributed by atoms with van der Waals surface area (Å²) in [4.78, 5) is 28.1. The Morgan fingerprint density at radius 1 is 1.40 bits per heavy atom. The lowest BCUT2D eigenvalue weighted by atomic mass is 9.77. The number of fused-ring (bicyclic) bond motifs is 1. The number of carbonyl (C=O) groups is 1. The summed E-state index contributed by atoms with van der Waals surface area (Å²) in [6, 6.07) is 4.63. The minimum atomic E-state index is -0.429. The van der Waals surface area contributed by atoms with E-state index in [2.05, 4.69) is 11.9 Å². The van der Waals surface area contributed by atoms with Gasteiger partial charge in [0.15, 0.2) is 0 Å². The fourth-order valence-electron chi connectivity index (χ4n) is 3.55. The fraction of sp³-hybridized carbons (Fsp3) is 0.500. The molecule has 134 valence electrons. The van der Waals surface area contributed by atoms with Crippen LogP contribution in [0.25, 0.3) is 10.9 Å². The highest BCUT2D eigenvalue weighted by Gasteiger charge is 2.33. The van der Waals surface area contributed by atoms with Crippen molar-refractivity contribution in [2.75, 3.05) is 19.7 Å². The predicted octanol–water partition coefficient (Wildman–Crippen LogP) is 2.63. The number of hydrogen-bond donors (Lipinski definition) is 2. The fourth-order valence-corrected chi connectivity index (χ4v) is 3.55. The molecular formula is C18H23N3O4. The van der Waals surface area contributed by atoms with E-state index in [-0.39, 0.29) is 30.0 Å².